The van der Waals surface area contributed by atoms with E-state index in [1.165, 1.54) is 0 Å². The molecule has 5 heteroatoms. The summed E-state index contributed by atoms with van der Waals surface area (Å²) < 4.78 is 1.54. The summed E-state index contributed by atoms with van der Waals surface area (Å²) in [5.41, 5.74) is 0.784. The summed E-state index contributed by atoms with van der Waals surface area (Å²) in [6.45, 7) is 0.382. The number of halogens is 1. The molecule has 1 heterocycles. The molecule has 0 radical (unpaired) electrons. The van der Waals surface area contributed by atoms with Gasteiger partial charge in [0.05, 0.1) is 17.4 Å². The first-order valence-corrected chi connectivity index (χ1v) is 6.49. The van der Waals surface area contributed by atoms with Gasteiger partial charge >= 0.3 is 5.69 Å². The molecule has 1 N–H and O–H groups in total. The van der Waals surface area contributed by atoms with Crippen LogP contribution < -0.4 is 11.2 Å². The fourth-order valence-electron chi connectivity index (χ4n) is 2.17. The van der Waals surface area contributed by atoms with Crippen molar-refractivity contribution in [1.82, 2.24) is 9.55 Å². The number of aromatic nitrogens is 2. The SMILES string of the molecule is O=c1[nH]c(=O)n(Cc2ccc(Cl)cc2)c2ccccc12. The predicted molar refractivity (Wildman–Crippen MR) is 79.4 cm³/mol. The summed E-state index contributed by atoms with van der Waals surface area (Å²) >= 11 is 5.85. The average Bonchev–Trinajstić information content (AvgIpc) is 2.45. The number of nitrogens with zero attached hydrogens (tertiary/aromatic N) is 1. The molecule has 3 rings (SSSR count). The molecule has 0 spiro atoms. The van der Waals surface area contributed by atoms with Gasteiger partial charge in [-0.2, -0.15) is 0 Å². The number of aromatic amines is 1. The van der Waals surface area contributed by atoms with Crippen molar-refractivity contribution in [2.75, 3.05) is 0 Å². The van der Waals surface area contributed by atoms with Gasteiger partial charge in [-0.15, -0.1) is 0 Å². The standard InChI is InChI=1S/C15H11ClN2O2/c16-11-7-5-10(6-8-11)9-18-13-4-2-1-3-12(13)14(19)17-15(18)20/h1-8H,9H2,(H,17,19,20). The molecular weight excluding hydrogens is 276 g/mol. The summed E-state index contributed by atoms with van der Waals surface area (Å²) in [5.74, 6) is 0. The highest BCUT2D eigenvalue weighted by Crippen LogP contribution is 2.12. The monoisotopic (exact) mass is 286 g/mol. The highest BCUT2D eigenvalue weighted by molar-refractivity contribution is 6.30. The molecule has 0 saturated carbocycles. The van der Waals surface area contributed by atoms with Gasteiger partial charge in [-0.25, -0.2) is 4.79 Å². The molecule has 20 heavy (non-hydrogen) atoms. The van der Waals surface area contributed by atoms with E-state index in [0.717, 1.165) is 5.56 Å². The van der Waals surface area contributed by atoms with Crippen LogP contribution in [0.25, 0.3) is 10.9 Å². The zero-order valence-corrected chi connectivity index (χ0v) is 11.2. The third-order valence-corrected chi connectivity index (χ3v) is 3.41. The molecule has 0 amide bonds. The molecule has 0 atom stereocenters. The molecule has 0 bridgehead atoms. The Labute approximate surface area is 119 Å². The largest absolute Gasteiger partial charge is 0.329 e. The Balaban J connectivity index is 2.18. The van der Waals surface area contributed by atoms with Crippen molar-refractivity contribution >= 4 is 22.5 Å². The Morgan fingerprint density at radius 1 is 1.00 bits per heavy atom. The van der Waals surface area contributed by atoms with E-state index >= 15 is 0 Å². The van der Waals surface area contributed by atoms with Crippen molar-refractivity contribution in [2.45, 2.75) is 6.54 Å². The number of nitrogens with one attached hydrogen (secondary N) is 1. The van der Waals surface area contributed by atoms with E-state index in [9.17, 15) is 9.59 Å². The van der Waals surface area contributed by atoms with E-state index in [1.54, 1.807) is 41.0 Å². The second-order valence-corrected chi connectivity index (χ2v) is 4.93. The predicted octanol–water partition coefficient (Wildman–Crippen LogP) is 2.39. The molecule has 0 saturated heterocycles. The Morgan fingerprint density at radius 2 is 1.70 bits per heavy atom. The van der Waals surface area contributed by atoms with E-state index in [-0.39, 0.29) is 5.56 Å². The Morgan fingerprint density at radius 3 is 2.45 bits per heavy atom. The third kappa shape index (κ3) is 2.26. The molecule has 4 nitrogen and oxygen atoms in total. The number of benzene rings is 2. The quantitative estimate of drug-likeness (QED) is 0.786. The van der Waals surface area contributed by atoms with Gasteiger partial charge in [-0.1, -0.05) is 35.9 Å². The molecule has 0 fully saturated rings. The minimum atomic E-state index is -0.413. The number of para-hydroxylation sites is 1. The topological polar surface area (TPSA) is 54.9 Å². The van der Waals surface area contributed by atoms with Gasteiger partial charge in [-0.3, -0.25) is 14.3 Å². The summed E-state index contributed by atoms with van der Waals surface area (Å²) in [4.78, 5) is 26.1. The first-order chi connectivity index (χ1) is 9.65. The van der Waals surface area contributed by atoms with E-state index < -0.39 is 5.69 Å². The Kier molecular flexibility index (Phi) is 3.16. The average molecular weight is 287 g/mol. The lowest BCUT2D eigenvalue weighted by Gasteiger charge is -2.09. The van der Waals surface area contributed by atoms with Crippen molar-refractivity contribution in [3.05, 3.63) is 80.0 Å². The Hall–Kier alpha value is -2.33. The molecule has 0 aliphatic carbocycles. The van der Waals surface area contributed by atoms with Crippen LogP contribution in [0.2, 0.25) is 5.02 Å². The van der Waals surface area contributed by atoms with Crippen LogP contribution in [0.1, 0.15) is 5.56 Å². The molecule has 0 unspecified atom stereocenters. The maximum Gasteiger partial charge on any atom is 0.329 e. The summed E-state index contributed by atoms with van der Waals surface area (Å²) in [7, 11) is 0. The number of rotatable bonds is 2. The van der Waals surface area contributed by atoms with Gasteiger partial charge in [0.15, 0.2) is 0 Å². The zero-order chi connectivity index (χ0) is 14.1. The highest BCUT2D eigenvalue weighted by Gasteiger charge is 2.07. The lowest BCUT2D eigenvalue weighted by molar-refractivity contribution is 0.756. The van der Waals surface area contributed by atoms with Crippen molar-refractivity contribution < 1.29 is 0 Å². The van der Waals surface area contributed by atoms with Crippen LogP contribution in [0, 0.1) is 0 Å². The van der Waals surface area contributed by atoms with Gasteiger partial charge < -0.3 is 0 Å². The van der Waals surface area contributed by atoms with Crippen LogP contribution in [0.4, 0.5) is 0 Å². The molecule has 2 aromatic carbocycles. The minimum absolute atomic E-state index is 0.363. The van der Waals surface area contributed by atoms with Crippen LogP contribution in [0.5, 0.6) is 0 Å². The van der Waals surface area contributed by atoms with Crippen LogP contribution in [-0.2, 0) is 6.54 Å². The Bertz CT molecular complexity index is 879. The lowest BCUT2D eigenvalue weighted by atomic mass is 10.2. The summed E-state index contributed by atoms with van der Waals surface area (Å²) in [6, 6.07) is 14.3. The lowest BCUT2D eigenvalue weighted by Crippen LogP contribution is -2.30. The zero-order valence-electron chi connectivity index (χ0n) is 10.5. The summed E-state index contributed by atoms with van der Waals surface area (Å²) in [5, 5.41) is 1.15. The molecule has 1 aromatic heterocycles. The van der Waals surface area contributed by atoms with E-state index in [0.29, 0.717) is 22.5 Å². The van der Waals surface area contributed by atoms with Crippen LogP contribution in [0.15, 0.2) is 58.1 Å². The smallest absolute Gasteiger partial charge is 0.289 e. The van der Waals surface area contributed by atoms with E-state index in [2.05, 4.69) is 4.98 Å². The van der Waals surface area contributed by atoms with Gasteiger partial charge in [-0.05, 0) is 29.8 Å². The first-order valence-electron chi connectivity index (χ1n) is 6.11. The third-order valence-electron chi connectivity index (χ3n) is 3.16. The van der Waals surface area contributed by atoms with Gasteiger partial charge in [0.1, 0.15) is 0 Å². The van der Waals surface area contributed by atoms with E-state index in [1.807, 2.05) is 12.1 Å². The number of H-pyrrole nitrogens is 1. The van der Waals surface area contributed by atoms with E-state index in [4.69, 9.17) is 11.6 Å². The second-order valence-electron chi connectivity index (χ2n) is 4.49. The van der Waals surface area contributed by atoms with Gasteiger partial charge in [0.25, 0.3) is 5.56 Å². The van der Waals surface area contributed by atoms with Crippen LogP contribution in [-0.4, -0.2) is 9.55 Å². The normalized spacial score (nSPS) is 10.8. The molecule has 3 aromatic rings. The van der Waals surface area contributed by atoms with Crippen molar-refractivity contribution in [1.29, 1.82) is 0 Å². The highest BCUT2D eigenvalue weighted by atomic mass is 35.5. The van der Waals surface area contributed by atoms with Crippen LogP contribution >= 0.6 is 11.6 Å². The van der Waals surface area contributed by atoms with Crippen molar-refractivity contribution in [2.24, 2.45) is 0 Å². The summed E-state index contributed by atoms with van der Waals surface area (Å²) in [6.07, 6.45) is 0. The van der Waals surface area contributed by atoms with Crippen LogP contribution in [0.3, 0.4) is 0 Å². The van der Waals surface area contributed by atoms with Gasteiger partial charge in [0.2, 0.25) is 0 Å². The fraction of sp³-hybridized carbons (Fsp3) is 0.0667. The molecule has 100 valence electrons. The van der Waals surface area contributed by atoms with Gasteiger partial charge in [0, 0.05) is 5.02 Å². The fourth-order valence-corrected chi connectivity index (χ4v) is 2.30. The number of fused-ring (bicyclic) bond motifs is 1. The minimum Gasteiger partial charge on any atom is -0.289 e. The number of hydrogen-bond donors (Lipinski definition) is 1. The molecular formula is C15H11ClN2O2. The first kappa shape index (κ1) is 12.7. The van der Waals surface area contributed by atoms with Crippen molar-refractivity contribution in [3.8, 4) is 0 Å². The maximum atomic E-state index is 12.0. The maximum absolute atomic E-state index is 12.0. The molecule has 0 aliphatic heterocycles. The van der Waals surface area contributed by atoms with Crippen molar-refractivity contribution in [3.63, 3.8) is 0 Å². The molecule has 0 aliphatic rings. The number of hydrogen-bond acceptors (Lipinski definition) is 2. The second kappa shape index (κ2) is 4.98.